The molecule has 0 aliphatic rings. The Morgan fingerprint density at radius 1 is 0.833 bits per heavy atom. The number of methoxy groups -OCH3 is 2. The van der Waals surface area contributed by atoms with Crippen molar-refractivity contribution in [2.75, 3.05) is 14.2 Å². The molecule has 5 nitrogen and oxygen atoms in total. The number of carbonyl (C=O) groups is 2. The predicted molar refractivity (Wildman–Crippen MR) is 116 cm³/mol. The van der Waals surface area contributed by atoms with Gasteiger partial charge in [0.2, 0.25) is 0 Å². The number of hydrogen-bond donors (Lipinski definition) is 0. The summed E-state index contributed by atoms with van der Waals surface area (Å²) in [7, 11) is 3.04. The first kappa shape index (κ1) is 21.1. The summed E-state index contributed by atoms with van der Waals surface area (Å²) < 4.78 is 15.8. The average molecular weight is 423 g/mol. The molecule has 0 saturated heterocycles. The first-order chi connectivity index (χ1) is 14.5. The molecular weight excluding hydrogens is 404 g/mol. The van der Waals surface area contributed by atoms with Gasteiger partial charge in [-0.2, -0.15) is 0 Å². The van der Waals surface area contributed by atoms with Crippen molar-refractivity contribution >= 4 is 29.4 Å². The lowest BCUT2D eigenvalue weighted by atomic mass is 10.1. The van der Waals surface area contributed by atoms with E-state index in [2.05, 4.69) is 0 Å². The van der Waals surface area contributed by atoms with Crippen LogP contribution in [0.25, 0.3) is 6.08 Å². The Bertz CT molecular complexity index is 1090. The Labute approximate surface area is 179 Å². The van der Waals surface area contributed by atoms with Crippen LogP contribution in [-0.4, -0.2) is 26.0 Å². The number of ether oxygens (including phenoxy) is 3. The Morgan fingerprint density at radius 2 is 1.53 bits per heavy atom. The third-order valence-electron chi connectivity index (χ3n) is 4.28. The quantitative estimate of drug-likeness (QED) is 0.218. The minimum atomic E-state index is -0.538. The van der Waals surface area contributed by atoms with Crippen molar-refractivity contribution in [3.8, 4) is 17.2 Å². The highest BCUT2D eigenvalue weighted by atomic mass is 35.5. The van der Waals surface area contributed by atoms with Gasteiger partial charge >= 0.3 is 5.97 Å². The van der Waals surface area contributed by atoms with Gasteiger partial charge in [0.15, 0.2) is 5.78 Å². The summed E-state index contributed by atoms with van der Waals surface area (Å²) in [5, 5.41) is 0.327. The highest BCUT2D eigenvalue weighted by Crippen LogP contribution is 2.25. The number of rotatable bonds is 7. The summed E-state index contributed by atoms with van der Waals surface area (Å²) >= 11 is 6.01. The summed E-state index contributed by atoms with van der Waals surface area (Å²) in [6, 6.07) is 18.5. The fourth-order valence-electron chi connectivity index (χ4n) is 2.70. The van der Waals surface area contributed by atoms with Gasteiger partial charge in [-0.3, -0.25) is 4.79 Å². The maximum atomic E-state index is 12.6. The Hall–Kier alpha value is -3.57. The molecule has 3 aromatic carbocycles. The zero-order chi connectivity index (χ0) is 21.5. The molecule has 0 aliphatic carbocycles. The first-order valence-electron chi connectivity index (χ1n) is 9.03. The molecule has 0 heterocycles. The molecule has 0 bridgehead atoms. The van der Waals surface area contributed by atoms with Crippen LogP contribution < -0.4 is 14.2 Å². The van der Waals surface area contributed by atoms with Gasteiger partial charge in [0, 0.05) is 0 Å². The van der Waals surface area contributed by atoms with E-state index in [4.69, 9.17) is 25.8 Å². The van der Waals surface area contributed by atoms with Gasteiger partial charge < -0.3 is 14.2 Å². The molecule has 0 radical (unpaired) electrons. The maximum absolute atomic E-state index is 12.6. The van der Waals surface area contributed by atoms with Crippen LogP contribution in [0.5, 0.6) is 17.2 Å². The van der Waals surface area contributed by atoms with E-state index in [1.165, 1.54) is 20.3 Å². The highest BCUT2D eigenvalue weighted by Gasteiger charge is 2.13. The fourth-order valence-corrected chi connectivity index (χ4v) is 2.92. The van der Waals surface area contributed by atoms with Gasteiger partial charge in [-0.1, -0.05) is 41.9 Å². The molecule has 3 rings (SSSR count). The second-order valence-electron chi connectivity index (χ2n) is 6.20. The lowest BCUT2D eigenvalue weighted by Crippen LogP contribution is -2.08. The molecule has 0 amide bonds. The van der Waals surface area contributed by atoms with Crippen molar-refractivity contribution in [3.05, 3.63) is 94.5 Å². The van der Waals surface area contributed by atoms with Crippen LogP contribution >= 0.6 is 11.6 Å². The third kappa shape index (κ3) is 5.07. The maximum Gasteiger partial charge on any atom is 0.345 e. The Kier molecular flexibility index (Phi) is 6.88. The van der Waals surface area contributed by atoms with Crippen molar-refractivity contribution in [3.63, 3.8) is 0 Å². The number of ketones is 1. The second kappa shape index (κ2) is 9.76. The largest absolute Gasteiger partial charge is 0.497 e. The Morgan fingerprint density at radius 3 is 2.20 bits per heavy atom. The summed E-state index contributed by atoms with van der Waals surface area (Å²) in [5.74, 6) is 0.645. The minimum absolute atomic E-state index is 0.222. The second-order valence-corrected chi connectivity index (χ2v) is 6.61. The van der Waals surface area contributed by atoms with Crippen LogP contribution in [0.3, 0.4) is 0 Å². The highest BCUT2D eigenvalue weighted by molar-refractivity contribution is 6.33. The van der Waals surface area contributed by atoms with Crippen LogP contribution in [-0.2, 0) is 0 Å². The number of allylic oxidation sites excluding steroid dienone is 1. The molecule has 0 aliphatic heterocycles. The van der Waals surface area contributed by atoms with E-state index in [-0.39, 0.29) is 5.78 Å². The molecule has 30 heavy (non-hydrogen) atoms. The van der Waals surface area contributed by atoms with Gasteiger partial charge in [0.05, 0.1) is 30.4 Å². The normalized spacial score (nSPS) is 10.6. The van der Waals surface area contributed by atoms with Crippen LogP contribution in [0, 0.1) is 0 Å². The van der Waals surface area contributed by atoms with Crippen LogP contribution in [0.4, 0.5) is 0 Å². The number of hydrogen-bond acceptors (Lipinski definition) is 5. The van der Waals surface area contributed by atoms with E-state index >= 15 is 0 Å². The standard InChI is InChI=1S/C24H19ClO5/c1-28-18-12-14-23(29-2)20(15-18)22(26)13-9-16-7-10-17(11-8-16)30-24(27)19-5-3-4-6-21(19)25/h3-15H,1-2H3. The van der Waals surface area contributed by atoms with Gasteiger partial charge in [-0.25, -0.2) is 4.79 Å². The van der Waals surface area contributed by atoms with Crippen LogP contribution in [0.2, 0.25) is 5.02 Å². The van der Waals surface area contributed by atoms with Gasteiger partial charge in [-0.15, -0.1) is 0 Å². The smallest absolute Gasteiger partial charge is 0.345 e. The zero-order valence-electron chi connectivity index (χ0n) is 16.4. The molecule has 0 atom stereocenters. The fraction of sp³-hybridized carbons (Fsp3) is 0.0833. The van der Waals surface area contributed by atoms with E-state index in [0.29, 0.717) is 33.4 Å². The topological polar surface area (TPSA) is 61.8 Å². The zero-order valence-corrected chi connectivity index (χ0v) is 17.2. The summed E-state index contributed by atoms with van der Waals surface area (Å²) in [5.41, 5.74) is 1.46. The van der Waals surface area contributed by atoms with Crippen LogP contribution in [0.1, 0.15) is 26.3 Å². The van der Waals surface area contributed by atoms with E-state index in [1.807, 2.05) is 0 Å². The molecule has 0 saturated carbocycles. The molecule has 0 aromatic heterocycles. The Balaban J connectivity index is 1.70. The van der Waals surface area contributed by atoms with Crippen molar-refractivity contribution < 1.29 is 23.8 Å². The van der Waals surface area contributed by atoms with Crippen LogP contribution in [0.15, 0.2) is 72.8 Å². The molecule has 0 N–H and O–H groups in total. The monoisotopic (exact) mass is 422 g/mol. The number of carbonyl (C=O) groups excluding carboxylic acids is 2. The molecular formula is C24H19ClO5. The van der Waals surface area contributed by atoms with Crippen molar-refractivity contribution in [2.45, 2.75) is 0 Å². The van der Waals surface area contributed by atoms with Gasteiger partial charge in [-0.05, 0) is 54.1 Å². The summed E-state index contributed by atoms with van der Waals surface area (Å²) in [6.07, 6.45) is 3.11. The molecule has 6 heteroatoms. The van der Waals surface area contributed by atoms with E-state index in [9.17, 15) is 9.59 Å². The van der Waals surface area contributed by atoms with Gasteiger partial charge in [0.25, 0.3) is 0 Å². The molecule has 0 fully saturated rings. The number of halogens is 1. The van der Waals surface area contributed by atoms with Crippen molar-refractivity contribution in [2.24, 2.45) is 0 Å². The predicted octanol–water partition coefficient (Wildman–Crippen LogP) is 5.47. The average Bonchev–Trinajstić information content (AvgIpc) is 2.78. The third-order valence-corrected chi connectivity index (χ3v) is 4.61. The summed E-state index contributed by atoms with van der Waals surface area (Å²) in [6.45, 7) is 0. The molecule has 3 aromatic rings. The summed E-state index contributed by atoms with van der Waals surface area (Å²) in [4.78, 5) is 24.8. The number of esters is 1. The lowest BCUT2D eigenvalue weighted by Gasteiger charge is -2.08. The van der Waals surface area contributed by atoms with E-state index in [0.717, 1.165) is 5.56 Å². The number of benzene rings is 3. The SMILES string of the molecule is COc1ccc(OC)c(C(=O)C=Cc2ccc(OC(=O)c3ccccc3Cl)cc2)c1. The van der Waals surface area contributed by atoms with E-state index in [1.54, 1.807) is 72.8 Å². The van der Waals surface area contributed by atoms with E-state index < -0.39 is 5.97 Å². The molecule has 152 valence electrons. The first-order valence-corrected chi connectivity index (χ1v) is 9.41. The minimum Gasteiger partial charge on any atom is -0.497 e. The molecule has 0 spiro atoms. The van der Waals surface area contributed by atoms with Gasteiger partial charge in [0.1, 0.15) is 17.2 Å². The molecule has 0 unspecified atom stereocenters. The van der Waals surface area contributed by atoms with Crippen molar-refractivity contribution in [1.82, 2.24) is 0 Å². The van der Waals surface area contributed by atoms with Crippen molar-refractivity contribution in [1.29, 1.82) is 0 Å². The lowest BCUT2D eigenvalue weighted by molar-refractivity contribution is 0.0734.